The lowest BCUT2D eigenvalue weighted by Crippen LogP contribution is -2.59. The highest BCUT2D eigenvalue weighted by Gasteiger charge is 2.64. The molecule has 3 atom stereocenters. The minimum atomic E-state index is -1.91. The first-order valence-electron chi connectivity index (χ1n) is 15.1. The zero-order chi connectivity index (χ0) is 30.4. The lowest BCUT2D eigenvalue weighted by molar-refractivity contribution is -0.187. The Balaban J connectivity index is 1.28. The van der Waals surface area contributed by atoms with Crippen LogP contribution in [-0.4, -0.2) is 50.8 Å². The molecule has 2 amide bonds. The van der Waals surface area contributed by atoms with Crippen molar-refractivity contribution in [3.8, 4) is 0 Å². The maximum Gasteiger partial charge on any atom is 0.330 e. The average molecular weight is 593 g/mol. The van der Waals surface area contributed by atoms with E-state index in [9.17, 15) is 19.5 Å². The van der Waals surface area contributed by atoms with Crippen LogP contribution in [0.25, 0.3) is 43.6 Å². The van der Waals surface area contributed by atoms with Crippen molar-refractivity contribution < 1.29 is 29.0 Å². The number of ether oxygens (including phenoxy) is 2. The molecule has 5 aromatic rings. The summed E-state index contributed by atoms with van der Waals surface area (Å²) in [6.07, 6.45) is 2.55. The normalized spacial score (nSPS) is 23.4. The maximum absolute atomic E-state index is 14.0. The summed E-state index contributed by atoms with van der Waals surface area (Å²) < 4.78 is 16.0. The van der Waals surface area contributed by atoms with Gasteiger partial charge in [0.2, 0.25) is 0 Å². The molecule has 0 spiro atoms. The van der Waals surface area contributed by atoms with Gasteiger partial charge in [-0.25, -0.2) is 4.79 Å². The maximum atomic E-state index is 14.0. The zero-order valence-electron chi connectivity index (χ0n) is 24.3. The Bertz CT molecular complexity index is 2090. The molecule has 0 aliphatic carbocycles. The molecule has 10 heteroatoms. The number of aromatic nitrogens is 2. The summed E-state index contributed by atoms with van der Waals surface area (Å²) >= 11 is 0. The number of para-hydroxylation sites is 2. The van der Waals surface area contributed by atoms with Gasteiger partial charge in [0.25, 0.3) is 11.8 Å². The standard InChI is InChI=1S/C34H32N4O6/c1-3-25(39)43-16-10-4-9-15-35-32(41)34(42)17-24-37-22-13-7-5-11-19(22)27-28-21(18-36-31(28)40)26-20-12-6-8-14-23(20)38(30(26)29(27)37)33(34,2)44-24/h3,5-8,11-14,24,42H,1,4,9-10,15-18H2,2H3,(H,35,41)(H,36,40)/t24?,33-,34-/m0/s1. The number of unbranched alkanes of at least 4 members (excludes halogenated alkanes) is 2. The van der Waals surface area contributed by atoms with Gasteiger partial charge in [0.05, 0.1) is 34.2 Å². The minimum absolute atomic E-state index is 0.0251. The van der Waals surface area contributed by atoms with Crippen LogP contribution in [0.15, 0.2) is 61.2 Å². The number of nitrogens with one attached hydrogen (secondary N) is 2. The van der Waals surface area contributed by atoms with Gasteiger partial charge in [-0.2, -0.15) is 0 Å². The lowest BCUT2D eigenvalue weighted by Gasteiger charge is -2.38. The van der Waals surface area contributed by atoms with Gasteiger partial charge in [-0.05, 0) is 43.9 Å². The van der Waals surface area contributed by atoms with Gasteiger partial charge in [0.15, 0.2) is 11.3 Å². The van der Waals surface area contributed by atoms with E-state index in [-0.39, 0.29) is 18.9 Å². The molecular weight excluding hydrogens is 560 g/mol. The molecule has 1 saturated heterocycles. The second-order valence-electron chi connectivity index (χ2n) is 12.0. The van der Waals surface area contributed by atoms with Crippen LogP contribution in [0.2, 0.25) is 0 Å². The fourth-order valence-electron chi connectivity index (χ4n) is 7.74. The molecule has 0 radical (unpaired) electrons. The predicted octanol–water partition coefficient (Wildman–Crippen LogP) is 4.50. The van der Waals surface area contributed by atoms with Crippen LogP contribution in [0.4, 0.5) is 0 Å². The third-order valence-corrected chi connectivity index (χ3v) is 9.73. The third-order valence-electron chi connectivity index (χ3n) is 9.73. The fraction of sp³-hybridized carbons (Fsp3) is 0.324. The van der Waals surface area contributed by atoms with Gasteiger partial charge in [-0.15, -0.1) is 0 Å². The third kappa shape index (κ3) is 3.35. The van der Waals surface area contributed by atoms with Crippen molar-refractivity contribution in [1.82, 2.24) is 19.8 Å². The van der Waals surface area contributed by atoms with Crippen molar-refractivity contribution in [2.45, 2.75) is 56.7 Å². The quantitative estimate of drug-likeness (QED) is 0.139. The summed E-state index contributed by atoms with van der Waals surface area (Å²) in [5, 5.41) is 22.2. The summed E-state index contributed by atoms with van der Waals surface area (Å²) in [5.74, 6) is -1.05. The Labute approximate surface area is 252 Å². The van der Waals surface area contributed by atoms with E-state index in [4.69, 9.17) is 9.47 Å². The summed E-state index contributed by atoms with van der Waals surface area (Å²) in [6, 6.07) is 15.8. The number of carbonyl (C=O) groups excluding carboxylic acids is 3. The molecule has 0 saturated carbocycles. The van der Waals surface area contributed by atoms with E-state index in [1.807, 2.05) is 53.1 Å². The van der Waals surface area contributed by atoms with Crippen molar-refractivity contribution >= 4 is 61.4 Å². The van der Waals surface area contributed by atoms with Crippen molar-refractivity contribution in [3.05, 3.63) is 72.3 Å². The molecule has 1 fully saturated rings. The van der Waals surface area contributed by atoms with Crippen LogP contribution in [0.3, 0.4) is 0 Å². The molecule has 44 heavy (non-hydrogen) atoms. The van der Waals surface area contributed by atoms with Gasteiger partial charge >= 0.3 is 5.97 Å². The summed E-state index contributed by atoms with van der Waals surface area (Å²) in [6.45, 7) is 6.22. The Kier molecular flexibility index (Phi) is 5.76. The highest BCUT2D eigenvalue weighted by Crippen LogP contribution is 2.57. The highest BCUT2D eigenvalue weighted by molar-refractivity contribution is 6.31. The van der Waals surface area contributed by atoms with E-state index < -0.39 is 29.4 Å². The average Bonchev–Trinajstić information content (AvgIpc) is 3.73. The first kappa shape index (κ1) is 26.9. The molecule has 5 heterocycles. The Morgan fingerprint density at radius 1 is 1.09 bits per heavy atom. The second kappa shape index (κ2) is 9.41. The van der Waals surface area contributed by atoms with Gasteiger partial charge in [-0.1, -0.05) is 43.0 Å². The van der Waals surface area contributed by atoms with E-state index in [0.717, 1.165) is 61.7 Å². The lowest BCUT2D eigenvalue weighted by atomic mass is 9.87. The molecule has 10 nitrogen and oxygen atoms in total. The summed E-state index contributed by atoms with van der Waals surface area (Å²) in [7, 11) is 0. The number of hydrogen-bond donors (Lipinski definition) is 3. The Morgan fingerprint density at radius 2 is 1.82 bits per heavy atom. The van der Waals surface area contributed by atoms with Gasteiger partial charge in [-0.3, -0.25) is 9.59 Å². The first-order chi connectivity index (χ1) is 21.3. The molecule has 1 unspecified atom stereocenters. The van der Waals surface area contributed by atoms with Crippen LogP contribution in [-0.2, 0) is 31.3 Å². The number of amides is 2. The van der Waals surface area contributed by atoms with Crippen molar-refractivity contribution in [2.24, 2.45) is 0 Å². The molecule has 3 N–H and O–H groups in total. The number of benzene rings is 3. The Hall–Kier alpha value is -4.67. The number of fused-ring (bicyclic) bond motifs is 13. The van der Waals surface area contributed by atoms with Crippen LogP contribution in [0.5, 0.6) is 0 Å². The topological polar surface area (TPSA) is 124 Å². The largest absolute Gasteiger partial charge is 0.463 e. The molecule has 3 aromatic carbocycles. The van der Waals surface area contributed by atoms with E-state index in [1.54, 1.807) is 6.92 Å². The predicted molar refractivity (Wildman–Crippen MR) is 165 cm³/mol. The fourth-order valence-corrected chi connectivity index (χ4v) is 7.74. The zero-order valence-corrected chi connectivity index (χ0v) is 24.3. The van der Waals surface area contributed by atoms with Crippen molar-refractivity contribution in [1.29, 1.82) is 0 Å². The van der Waals surface area contributed by atoms with Crippen molar-refractivity contribution in [3.63, 3.8) is 0 Å². The SMILES string of the molecule is C=CC(=O)OCCCCCNC(=O)[C@@]1(O)CC2O[C@]1(C)n1c3ccccc3c3c4c(c5c6ccccc6n2c5c31)C(=O)NC4. The number of hydrogen-bond acceptors (Lipinski definition) is 6. The minimum Gasteiger partial charge on any atom is -0.463 e. The molecule has 3 aliphatic heterocycles. The van der Waals surface area contributed by atoms with Crippen LogP contribution in [0, 0.1) is 0 Å². The van der Waals surface area contributed by atoms with E-state index in [2.05, 4.69) is 21.8 Å². The number of rotatable bonds is 8. The Morgan fingerprint density at radius 3 is 2.59 bits per heavy atom. The summed E-state index contributed by atoms with van der Waals surface area (Å²) in [4.78, 5) is 38.6. The molecule has 2 bridgehead atoms. The van der Waals surface area contributed by atoms with Crippen LogP contribution < -0.4 is 10.6 Å². The van der Waals surface area contributed by atoms with Crippen LogP contribution in [0.1, 0.15) is 54.8 Å². The monoisotopic (exact) mass is 592 g/mol. The first-order valence-corrected chi connectivity index (χ1v) is 15.1. The highest BCUT2D eigenvalue weighted by atomic mass is 16.6. The van der Waals surface area contributed by atoms with Gasteiger partial charge in [0, 0.05) is 47.1 Å². The second-order valence-corrected chi connectivity index (χ2v) is 12.0. The molecule has 224 valence electrons. The molecule has 2 aromatic heterocycles. The van der Waals surface area contributed by atoms with E-state index in [1.165, 1.54) is 0 Å². The van der Waals surface area contributed by atoms with Crippen molar-refractivity contribution in [2.75, 3.05) is 13.2 Å². The van der Waals surface area contributed by atoms with E-state index in [0.29, 0.717) is 31.5 Å². The number of esters is 1. The summed E-state index contributed by atoms with van der Waals surface area (Å²) in [5.41, 5.74) is 1.65. The molecular formula is C34H32N4O6. The van der Waals surface area contributed by atoms with Gasteiger partial charge < -0.3 is 34.3 Å². The number of carbonyl (C=O) groups is 3. The van der Waals surface area contributed by atoms with Crippen LogP contribution >= 0.6 is 0 Å². The molecule has 3 aliphatic rings. The molecule has 8 rings (SSSR count). The smallest absolute Gasteiger partial charge is 0.330 e. The van der Waals surface area contributed by atoms with E-state index >= 15 is 0 Å². The number of aliphatic hydroxyl groups is 1. The van der Waals surface area contributed by atoms with Gasteiger partial charge in [0.1, 0.15) is 6.23 Å². The number of nitrogens with zero attached hydrogens (tertiary/aromatic N) is 2.